The molecule has 1 saturated heterocycles. The van der Waals surface area contributed by atoms with Crippen molar-refractivity contribution in [2.24, 2.45) is 0 Å². The van der Waals surface area contributed by atoms with Gasteiger partial charge in [-0.2, -0.15) is 8.42 Å². The molecule has 1 heterocycles. The van der Waals surface area contributed by atoms with Crippen LogP contribution < -0.4 is 0 Å². The molecule has 0 spiro atoms. The second-order valence-electron chi connectivity index (χ2n) is 17.1. The summed E-state index contributed by atoms with van der Waals surface area (Å²) in [4.78, 5) is 25.3. The van der Waals surface area contributed by atoms with Crippen molar-refractivity contribution >= 4 is 22.1 Å². The fraction of sp³-hybridized carbons (Fsp3) is 0.915. The van der Waals surface area contributed by atoms with Crippen LogP contribution in [0.15, 0.2) is 12.2 Å². The Kier molecular flexibility index (Phi) is 35.6. The first-order valence-corrected chi connectivity index (χ1v) is 25.9. The van der Waals surface area contributed by atoms with Crippen molar-refractivity contribution < 1.29 is 56.8 Å². The van der Waals surface area contributed by atoms with E-state index in [1.54, 1.807) is 0 Å². The summed E-state index contributed by atoms with van der Waals surface area (Å²) in [5.74, 6) is -1.97. The minimum absolute atomic E-state index is 0.168. The Labute approximate surface area is 365 Å². The topological polar surface area (TPSA) is 186 Å². The van der Waals surface area contributed by atoms with Crippen molar-refractivity contribution in [1.29, 1.82) is 0 Å². The van der Waals surface area contributed by atoms with Crippen molar-refractivity contribution in [2.45, 2.75) is 256 Å². The number of rotatable bonds is 41. The van der Waals surface area contributed by atoms with Crippen molar-refractivity contribution in [3.63, 3.8) is 0 Å². The number of allylic oxidation sites excluding steroid dienone is 2. The summed E-state index contributed by atoms with van der Waals surface area (Å²) in [5, 5.41) is 30.9. The van der Waals surface area contributed by atoms with Crippen LogP contribution in [0.5, 0.6) is 0 Å². The molecule has 0 bridgehead atoms. The summed E-state index contributed by atoms with van der Waals surface area (Å²) >= 11 is 0. The Morgan fingerprint density at radius 2 is 0.950 bits per heavy atom. The first kappa shape index (κ1) is 56.4. The smallest absolute Gasteiger partial charge is 0.306 e. The number of hydrogen-bond acceptors (Lipinski definition) is 11. The minimum Gasteiger partial charge on any atom is -0.462 e. The SMILES string of the molecule is CCCCCCCCCC/C=C\CCCCCCCCCCCCCC(=O)OC(COC(=O)CCCCCCCCCCC)COC1OC(CS(=O)(=O)O)C(O)C(O)C1O. The molecule has 1 rings (SSSR count). The lowest BCUT2D eigenvalue weighted by atomic mass is 10.00. The van der Waals surface area contributed by atoms with Gasteiger partial charge in [-0.1, -0.05) is 180 Å². The molecular formula is C47H88O12S. The lowest BCUT2D eigenvalue weighted by Crippen LogP contribution is -2.60. The molecule has 1 fully saturated rings. The molecule has 0 aromatic carbocycles. The lowest BCUT2D eigenvalue weighted by molar-refractivity contribution is -0.297. The van der Waals surface area contributed by atoms with E-state index in [1.165, 1.54) is 141 Å². The zero-order chi connectivity index (χ0) is 44.1. The molecule has 0 radical (unpaired) electrons. The normalized spacial score (nSPS) is 20.1. The van der Waals surface area contributed by atoms with E-state index < -0.39 is 71.2 Å². The van der Waals surface area contributed by atoms with Gasteiger partial charge in [-0.25, -0.2) is 0 Å². The molecule has 0 amide bonds. The Morgan fingerprint density at radius 1 is 0.550 bits per heavy atom. The Hall–Kier alpha value is -1.61. The van der Waals surface area contributed by atoms with E-state index in [9.17, 15) is 37.9 Å². The van der Waals surface area contributed by atoms with Crippen molar-refractivity contribution in [3.8, 4) is 0 Å². The van der Waals surface area contributed by atoms with Gasteiger partial charge in [0.1, 0.15) is 36.8 Å². The number of carbonyl (C=O) groups is 2. The third kappa shape index (κ3) is 32.1. The Bertz CT molecular complexity index is 1170. The van der Waals surface area contributed by atoms with Gasteiger partial charge in [-0.3, -0.25) is 14.1 Å². The van der Waals surface area contributed by atoms with Crippen LogP contribution in [0.25, 0.3) is 0 Å². The molecule has 1 aliphatic heterocycles. The summed E-state index contributed by atoms with van der Waals surface area (Å²) < 4.78 is 54.0. The molecule has 1 aliphatic rings. The van der Waals surface area contributed by atoms with Crippen molar-refractivity contribution in [2.75, 3.05) is 19.0 Å². The van der Waals surface area contributed by atoms with Gasteiger partial charge < -0.3 is 34.3 Å². The van der Waals surface area contributed by atoms with Gasteiger partial charge in [-0.05, 0) is 38.5 Å². The Morgan fingerprint density at radius 3 is 1.38 bits per heavy atom. The summed E-state index contributed by atoms with van der Waals surface area (Å²) in [7, 11) is -4.60. The molecule has 6 unspecified atom stereocenters. The average molecular weight is 877 g/mol. The van der Waals surface area contributed by atoms with Crippen molar-refractivity contribution in [1.82, 2.24) is 0 Å². The van der Waals surface area contributed by atoms with Gasteiger partial charge in [-0.15, -0.1) is 0 Å². The van der Waals surface area contributed by atoms with Crippen LogP contribution in [0.4, 0.5) is 0 Å². The molecule has 0 aromatic rings. The second kappa shape index (κ2) is 37.9. The molecule has 354 valence electrons. The third-order valence-electron chi connectivity index (χ3n) is 11.3. The molecule has 0 aromatic heterocycles. The minimum atomic E-state index is -4.60. The van der Waals surface area contributed by atoms with E-state index in [0.29, 0.717) is 12.8 Å². The molecule has 12 nitrogen and oxygen atoms in total. The van der Waals surface area contributed by atoms with Crippen LogP contribution in [0.1, 0.15) is 219 Å². The van der Waals surface area contributed by atoms with E-state index in [1.807, 2.05) is 0 Å². The van der Waals surface area contributed by atoms with Crippen LogP contribution in [-0.4, -0.2) is 96.0 Å². The maximum absolute atomic E-state index is 12.8. The highest BCUT2D eigenvalue weighted by Gasteiger charge is 2.46. The highest BCUT2D eigenvalue weighted by atomic mass is 32.2. The number of aliphatic hydroxyl groups excluding tert-OH is 3. The predicted molar refractivity (Wildman–Crippen MR) is 238 cm³/mol. The maximum Gasteiger partial charge on any atom is 0.306 e. The zero-order valence-electron chi connectivity index (χ0n) is 37.8. The standard InChI is InChI=1S/C47H88O12S/c1-3-5-7-9-11-13-14-15-16-17-18-19-20-21-22-23-24-25-26-28-30-32-34-36-43(49)58-40(37-56-42(48)35-33-31-29-27-12-10-8-6-4-2)38-57-47-46(52)45(51)44(50)41(59-47)39-60(53,54)55/h17-18,40-41,44-47,50-52H,3-16,19-39H2,1-2H3,(H,53,54,55)/b18-17-. The van der Waals surface area contributed by atoms with Crippen LogP contribution in [-0.2, 0) is 38.7 Å². The zero-order valence-corrected chi connectivity index (χ0v) is 38.6. The fourth-order valence-corrected chi connectivity index (χ4v) is 8.25. The summed E-state index contributed by atoms with van der Waals surface area (Å²) in [5.41, 5.74) is 0. The van der Waals surface area contributed by atoms with Gasteiger partial charge in [0.05, 0.1) is 6.61 Å². The Balaban J connectivity index is 2.32. The van der Waals surface area contributed by atoms with Gasteiger partial charge in [0, 0.05) is 12.8 Å². The molecule has 13 heteroatoms. The third-order valence-corrected chi connectivity index (χ3v) is 12.1. The average Bonchev–Trinajstić information content (AvgIpc) is 3.21. The number of carbonyl (C=O) groups excluding carboxylic acids is 2. The first-order chi connectivity index (χ1) is 29.0. The van der Waals surface area contributed by atoms with Crippen LogP contribution in [0, 0.1) is 0 Å². The highest BCUT2D eigenvalue weighted by Crippen LogP contribution is 2.24. The largest absolute Gasteiger partial charge is 0.462 e. The quantitative estimate of drug-likeness (QED) is 0.0197. The molecule has 60 heavy (non-hydrogen) atoms. The number of ether oxygens (including phenoxy) is 4. The van der Waals surface area contributed by atoms with Gasteiger partial charge in [0.15, 0.2) is 12.4 Å². The van der Waals surface area contributed by atoms with Gasteiger partial charge >= 0.3 is 11.9 Å². The molecule has 0 saturated carbocycles. The van der Waals surface area contributed by atoms with Crippen LogP contribution in [0.2, 0.25) is 0 Å². The van der Waals surface area contributed by atoms with Crippen LogP contribution >= 0.6 is 0 Å². The molecular weight excluding hydrogens is 789 g/mol. The summed E-state index contributed by atoms with van der Waals surface area (Å²) in [6, 6.07) is 0. The maximum atomic E-state index is 12.8. The number of unbranched alkanes of at least 4 members (excludes halogenated alkanes) is 27. The van der Waals surface area contributed by atoms with Crippen molar-refractivity contribution in [3.05, 3.63) is 12.2 Å². The summed E-state index contributed by atoms with van der Waals surface area (Å²) in [6.07, 6.45) is 31.3. The lowest BCUT2D eigenvalue weighted by Gasteiger charge is -2.40. The molecule has 4 N–H and O–H groups in total. The van der Waals surface area contributed by atoms with E-state index >= 15 is 0 Å². The number of hydrogen-bond donors (Lipinski definition) is 4. The monoisotopic (exact) mass is 877 g/mol. The highest BCUT2D eigenvalue weighted by molar-refractivity contribution is 7.85. The van der Waals surface area contributed by atoms with Crippen LogP contribution in [0.3, 0.4) is 0 Å². The van der Waals surface area contributed by atoms with E-state index in [2.05, 4.69) is 26.0 Å². The van der Waals surface area contributed by atoms with E-state index in [0.717, 1.165) is 38.5 Å². The van der Waals surface area contributed by atoms with Gasteiger partial charge in [0.2, 0.25) is 0 Å². The predicted octanol–water partition coefficient (Wildman–Crippen LogP) is 10.2. The van der Waals surface area contributed by atoms with Gasteiger partial charge in [0.25, 0.3) is 10.1 Å². The van der Waals surface area contributed by atoms with E-state index in [4.69, 9.17) is 18.9 Å². The second-order valence-corrected chi connectivity index (χ2v) is 18.6. The first-order valence-electron chi connectivity index (χ1n) is 24.2. The number of esters is 2. The van der Waals surface area contributed by atoms with E-state index in [-0.39, 0.29) is 19.4 Å². The molecule has 0 aliphatic carbocycles. The summed E-state index contributed by atoms with van der Waals surface area (Å²) in [6.45, 7) is 3.75. The number of aliphatic hydroxyl groups is 3. The fourth-order valence-electron chi connectivity index (χ4n) is 7.56. The molecule has 6 atom stereocenters.